The molecule has 0 unspecified atom stereocenters. The number of nitrogens with one attached hydrogen (secondary N) is 1. The fraction of sp³-hybridized carbons (Fsp3) is 0.280. The number of anilines is 1. The topological polar surface area (TPSA) is 99.2 Å². The molecule has 1 aromatic carbocycles. The number of carbonyl (C=O) groups is 2. The Morgan fingerprint density at radius 3 is 2.74 bits per heavy atom. The minimum Gasteiger partial charge on any atom is -0.465 e. The van der Waals surface area contributed by atoms with Gasteiger partial charge in [0, 0.05) is 17.5 Å². The second kappa shape index (κ2) is 10.9. The van der Waals surface area contributed by atoms with E-state index in [4.69, 9.17) is 9.15 Å². The Balaban J connectivity index is 1.54. The lowest BCUT2D eigenvalue weighted by Crippen LogP contribution is -2.16. The third-order valence-corrected chi connectivity index (χ3v) is 7.22. The molecule has 0 aliphatic carbocycles. The summed E-state index contributed by atoms with van der Waals surface area (Å²) >= 11 is 2.59. The van der Waals surface area contributed by atoms with Crippen molar-refractivity contribution >= 4 is 40.0 Å². The summed E-state index contributed by atoms with van der Waals surface area (Å²) in [6.45, 7) is 6.75. The summed E-state index contributed by atoms with van der Waals surface area (Å²) in [6.07, 6.45) is 2.47. The van der Waals surface area contributed by atoms with Gasteiger partial charge in [-0.25, -0.2) is 4.79 Å². The number of aromatic nitrogens is 3. The first-order valence-electron chi connectivity index (χ1n) is 11.1. The monoisotopic (exact) mass is 510 g/mol. The van der Waals surface area contributed by atoms with Crippen LogP contribution in [0.1, 0.15) is 34.8 Å². The number of furan rings is 1. The predicted octanol–water partition coefficient (Wildman–Crippen LogP) is 5.81. The molecule has 3 aromatic heterocycles. The van der Waals surface area contributed by atoms with E-state index >= 15 is 0 Å². The number of aryl methyl sites for hydroxylation is 2. The lowest BCUT2D eigenvalue weighted by Gasteiger charge is -2.10. The number of methoxy groups -OCH3 is 1. The molecule has 4 rings (SSSR count). The van der Waals surface area contributed by atoms with Gasteiger partial charge in [-0.3, -0.25) is 9.36 Å². The summed E-state index contributed by atoms with van der Waals surface area (Å²) in [7, 11) is 1.34. The highest BCUT2D eigenvalue weighted by molar-refractivity contribution is 7.99. The Morgan fingerprint density at radius 1 is 1.20 bits per heavy atom. The summed E-state index contributed by atoms with van der Waals surface area (Å²) < 4.78 is 12.5. The van der Waals surface area contributed by atoms with E-state index in [9.17, 15) is 9.59 Å². The van der Waals surface area contributed by atoms with Crippen molar-refractivity contribution in [3.8, 4) is 22.7 Å². The molecule has 8 nitrogen and oxygen atoms in total. The summed E-state index contributed by atoms with van der Waals surface area (Å²) in [4.78, 5) is 25.5. The van der Waals surface area contributed by atoms with Gasteiger partial charge in [-0.15, -0.1) is 21.5 Å². The lowest BCUT2D eigenvalue weighted by atomic mass is 9.97. The zero-order chi connectivity index (χ0) is 24.9. The fourth-order valence-corrected chi connectivity index (χ4v) is 5.41. The van der Waals surface area contributed by atoms with Crippen LogP contribution < -0.4 is 5.32 Å². The second-order valence-corrected chi connectivity index (χ2v) is 9.76. The molecule has 0 spiro atoms. The molecule has 0 fully saturated rings. The predicted molar refractivity (Wildman–Crippen MR) is 138 cm³/mol. The van der Waals surface area contributed by atoms with Crippen molar-refractivity contribution in [2.24, 2.45) is 0 Å². The van der Waals surface area contributed by atoms with Crippen molar-refractivity contribution in [3.05, 3.63) is 58.7 Å². The molecule has 0 saturated heterocycles. The normalized spacial score (nSPS) is 11.0. The first kappa shape index (κ1) is 24.7. The molecule has 10 heteroatoms. The van der Waals surface area contributed by atoms with Crippen LogP contribution in [0, 0.1) is 13.8 Å². The van der Waals surface area contributed by atoms with Crippen LogP contribution in [0.4, 0.5) is 5.00 Å². The molecule has 0 bridgehead atoms. The molecule has 0 saturated carbocycles. The van der Waals surface area contributed by atoms with Gasteiger partial charge in [0.2, 0.25) is 5.91 Å². The smallest absolute Gasteiger partial charge is 0.341 e. The summed E-state index contributed by atoms with van der Waals surface area (Å²) in [5.41, 5.74) is 4.17. The number of benzene rings is 1. The van der Waals surface area contributed by atoms with Crippen molar-refractivity contribution in [2.45, 2.75) is 38.9 Å². The van der Waals surface area contributed by atoms with Gasteiger partial charge in [0.15, 0.2) is 16.7 Å². The van der Waals surface area contributed by atoms with E-state index in [1.165, 1.54) is 30.2 Å². The number of amides is 1. The average Bonchev–Trinajstić information content (AvgIpc) is 3.59. The molecule has 0 aliphatic rings. The number of thioether (sulfide) groups is 1. The number of thiophene rings is 1. The van der Waals surface area contributed by atoms with E-state index in [1.54, 1.807) is 12.3 Å². The van der Waals surface area contributed by atoms with E-state index in [1.807, 2.05) is 48.1 Å². The van der Waals surface area contributed by atoms with Gasteiger partial charge in [-0.1, -0.05) is 42.4 Å². The number of esters is 1. The number of hydrogen-bond donors (Lipinski definition) is 1. The summed E-state index contributed by atoms with van der Waals surface area (Å²) in [5, 5.41) is 14.4. The number of hydrogen-bond acceptors (Lipinski definition) is 8. The van der Waals surface area contributed by atoms with Gasteiger partial charge in [0.1, 0.15) is 10.6 Å². The molecule has 1 N–H and O–H groups in total. The van der Waals surface area contributed by atoms with Crippen LogP contribution in [-0.4, -0.2) is 39.5 Å². The Morgan fingerprint density at radius 2 is 2.03 bits per heavy atom. The van der Waals surface area contributed by atoms with E-state index < -0.39 is 5.97 Å². The van der Waals surface area contributed by atoms with E-state index in [2.05, 4.69) is 22.4 Å². The Hall–Kier alpha value is -3.37. The number of ether oxygens (including phenoxy) is 1. The molecule has 4 aromatic rings. The van der Waals surface area contributed by atoms with Gasteiger partial charge in [-0.05, 0) is 43.5 Å². The molecule has 0 atom stereocenters. The van der Waals surface area contributed by atoms with Crippen molar-refractivity contribution in [1.82, 2.24) is 14.8 Å². The SMILES string of the molecule is CCCn1c(SCC(=O)Nc2scc(-c3cc(C)ccc3C)c2C(=O)OC)nnc1-c1ccco1. The fourth-order valence-electron chi connectivity index (χ4n) is 3.68. The molecule has 3 heterocycles. The molecular formula is C25H26N4O4S2. The van der Waals surface area contributed by atoms with E-state index in [0.717, 1.165) is 28.7 Å². The Kier molecular flexibility index (Phi) is 7.72. The zero-order valence-electron chi connectivity index (χ0n) is 20.0. The molecule has 0 radical (unpaired) electrons. The van der Waals surface area contributed by atoms with Crippen LogP contribution in [0.3, 0.4) is 0 Å². The highest BCUT2D eigenvalue weighted by Crippen LogP contribution is 2.38. The van der Waals surface area contributed by atoms with Crippen molar-refractivity contribution in [2.75, 3.05) is 18.2 Å². The third kappa shape index (κ3) is 5.33. The van der Waals surface area contributed by atoms with E-state index in [0.29, 0.717) is 33.9 Å². The molecule has 1 amide bonds. The van der Waals surface area contributed by atoms with Gasteiger partial charge < -0.3 is 14.5 Å². The first-order valence-corrected chi connectivity index (χ1v) is 13.0. The van der Waals surface area contributed by atoms with Gasteiger partial charge in [-0.2, -0.15) is 0 Å². The van der Waals surface area contributed by atoms with Crippen LogP contribution in [0.25, 0.3) is 22.7 Å². The Bertz CT molecular complexity index is 1340. The summed E-state index contributed by atoms with van der Waals surface area (Å²) in [6, 6.07) is 9.70. The van der Waals surface area contributed by atoms with Gasteiger partial charge in [0.05, 0.1) is 19.1 Å². The minimum absolute atomic E-state index is 0.108. The van der Waals surface area contributed by atoms with Crippen LogP contribution in [0.2, 0.25) is 0 Å². The maximum Gasteiger partial charge on any atom is 0.341 e. The van der Waals surface area contributed by atoms with Gasteiger partial charge in [0.25, 0.3) is 0 Å². The number of nitrogens with zero attached hydrogens (tertiary/aromatic N) is 3. The maximum absolute atomic E-state index is 12.9. The van der Waals surface area contributed by atoms with Crippen molar-refractivity contribution < 1.29 is 18.7 Å². The zero-order valence-corrected chi connectivity index (χ0v) is 21.6. The third-order valence-electron chi connectivity index (χ3n) is 5.35. The van der Waals surface area contributed by atoms with Crippen molar-refractivity contribution in [3.63, 3.8) is 0 Å². The molecule has 0 aliphatic heterocycles. The highest BCUT2D eigenvalue weighted by Gasteiger charge is 2.24. The quantitative estimate of drug-likeness (QED) is 0.224. The van der Waals surface area contributed by atoms with Crippen LogP contribution in [0.15, 0.2) is 51.5 Å². The van der Waals surface area contributed by atoms with Crippen LogP contribution in [0.5, 0.6) is 0 Å². The number of rotatable bonds is 9. The van der Waals surface area contributed by atoms with E-state index in [-0.39, 0.29) is 11.7 Å². The highest BCUT2D eigenvalue weighted by atomic mass is 32.2. The van der Waals surface area contributed by atoms with Crippen molar-refractivity contribution in [1.29, 1.82) is 0 Å². The molecule has 182 valence electrons. The van der Waals surface area contributed by atoms with Gasteiger partial charge >= 0.3 is 5.97 Å². The Labute approximate surface area is 211 Å². The van der Waals surface area contributed by atoms with Crippen LogP contribution in [-0.2, 0) is 16.1 Å². The molecule has 35 heavy (non-hydrogen) atoms. The minimum atomic E-state index is -0.490. The largest absolute Gasteiger partial charge is 0.465 e. The standard InChI is InChI=1S/C25H26N4O4S2/c1-5-10-29-22(19-7-6-11-33-19)27-28-25(29)35-14-20(30)26-23-21(24(31)32-4)18(13-34-23)17-12-15(2)8-9-16(17)3/h6-9,11-13H,5,10,14H2,1-4H3,(H,26,30). The summed E-state index contributed by atoms with van der Waals surface area (Å²) in [5.74, 6) is 0.625. The molecular weight excluding hydrogens is 484 g/mol. The van der Waals surface area contributed by atoms with Crippen LogP contribution >= 0.6 is 23.1 Å². The average molecular weight is 511 g/mol. The lowest BCUT2D eigenvalue weighted by molar-refractivity contribution is -0.113. The maximum atomic E-state index is 12.9. The first-order chi connectivity index (χ1) is 16.9. The second-order valence-electron chi connectivity index (χ2n) is 7.94. The number of carbonyl (C=O) groups excluding carboxylic acids is 2.